The third-order valence-electron chi connectivity index (χ3n) is 3.04. The van der Waals surface area contributed by atoms with E-state index in [2.05, 4.69) is 5.32 Å². The Morgan fingerprint density at radius 1 is 1.04 bits per heavy atom. The van der Waals surface area contributed by atoms with E-state index in [0.717, 1.165) is 0 Å². The van der Waals surface area contributed by atoms with E-state index in [4.69, 9.17) is 32.7 Å². The molecule has 0 heterocycles. The monoisotopic (exact) mass is 353 g/mol. The van der Waals surface area contributed by atoms with Crippen molar-refractivity contribution in [1.82, 2.24) is 0 Å². The number of hydrogen-bond donors (Lipinski definition) is 1. The molecule has 0 aromatic heterocycles. The lowest BCUT2D eigenvalue weighted by Gasteiger charge is -2.13. The first-order valence-electron chi connectivity index (χ1n) is 6.49. The molecule has 0 aliphatic heterocycles. The van der Waals surface area contributed by atoms with Gasteiger partial charge in [-0.15, -0.1) is 0 Å². The first-order chi connectivity index (χ1) is 11.0. The maximum atomic E-state index is 12.5. The Labute approximate surface area is 143 Å². The maximum absolute atomic E-state index is 12.5. The minimum absolute atomic E-state index is 0.157. The van der Waals surface area contributed by atoms with E-state index in [9.17, 15) is 9.59 Å². The van der Waals surface area contributed by atoms with Gasteiger partial charge < -0.3 is 14.8 Å². The Bertz CT molecular complexity index is 762. The summed E-state index contributed by atoms with van der Waals surface area (Å²) in [5.41, 5.74) is 0.697. The fourth-order valence-corrected chi connectivity index (χ4v) is 2.58. The van der Waals surface area contributed by atoms with Crippen LogP contribution in [0.3, 0.4) is 0 Å². The average molecular weight is 354 g/mol. The zero-order valence-corrected chi connectivity index (χ0v) is 13.9. The minimum atomic E-state index is -0.558. The van der Waals surface area contributed by atoms with E-state index in [1.807, 2.05) is 0 Å². The number of carbonyl (C=O) groups excluding carboxylic acids is 2. The second kappa shape index (κ2) is 7.35. The molecule has 1 N–H and O–H groups in total. The summed E-state index contributed by atoms with van der Waals surface area (Å²) >= 11 is 12.0. The SMILES string of the molecule is COC(=O)c1ccccc1NC(=O)c1cc(Cl)cc(Cl)c1OC. The van der Waals surface area contributed by atoms with Crippen LogP contribution in [0, 0.1) is 0 Å². The first kappa shape index (κ1) is 17.1. The molecule has 2 aromatic carbocycles. The van der Waals surface area contributed by atoms with E-state index in [1.54, 1.807) is 24.3 Å². The smallest absolute Gasteiger partial charge is 0.339 e. The predicted molar refractivity (Wildman–Crippen MR) is 88.7 cm³/mol. The van der Waals surface area contributed by atoms with Crippen LogP contribution in [0.4, 0.5) is 5.69 Å². The Morgan fingerprint density at radius 2 is 1.74 bits per heavy atom. The van der Waals surface area contributed by atoms with Crippen LogP contribution >= 0.6 is 23.2 Å². The summed E-state index contributed by atoms with van der Waals surface area (Å²) in [5.74, 6) is -0.872. The lowest BCUT2D eigenvalue weighted by Crippen LogP contribution is -2.16. The summed E-state index contributed by atoms with van der Waals surface area (Å²) in [6.07, 6.45) is 0. The molecule has 2 rings (SSSR count). The number of hydrogen-bond acceptors (Lipinski definition) is 4. The van der Waals surface area contributed by atoms with E-state index < -0.39 is 11.9 Å². The number of methoxy groups -OCH3 is 2. The molecule has 0 aliphatic rings. The van der Waals surface area contributed by atoms with E-state index in [0.29, 0.717) is 10.7 Å². The molecule has 0 saturated carbocycles. The molecule has 0 aliphatic carbocycles. The molecular weight excluding hydrogens is 341 g/mol. The number of para-hydroxylation sites is 1. The van der Waals surface area contributed by atoms with Gasteiger partial charge in [-0.3, -0.25) is 4.79 Å². The quantitative estimate of drug-likeness (QED) is 0.842. The molecule has 1 amide bonds. The molecule has 0 radical (unpaired) electrons. The fourth-order valence-electron chi connectivity index (χ4n) is 2.01. The zero-order valence-electron chi connectivity index (χ0n) is 12.4. The third-order valence-corrected chi connectivity index (χ3v) is 3.54. The Kier molecular flexibility index (Phi) is 5.47. The van der Waals surface area contributed by atoms with Gasteiger partial charge in [-0.25, -0.2) is 4.79 Å². The third kappa shape index (κ3) is 3.75. The molecule has 23 heavy (non-hydrogen) atoms. The molecule has 0 bridgehead atoms. The topological polar surface area (TPSA) is 64.6 Å². The molecule has 2 aromatic rings. The molecule has 5 nitrogen and oxygen atoms in total. The largest absolute Gasteiger partial charge is 0.494 e. The Morgan fingerprint density at radius 3 is 2.39 bits per heavy atom. The summed E-state index contributed by atoms with van der Waals surface area (Å²) in [5, 5.41) is 3.14. The van der Waals surface area contributed by atoms with Crippen molar-refractivity contribution in [2.45, 2.75) is 0 Å². The number of amides is 1. The highest BCUT2D eigenvalue weighted by molar-refractivity contribution is 6.36. The highest BCUT2D eigenvalue weighted by Crippen LogP contribution is 2.32. The number of esters is 1. The number of nitrogens with one attached hydrogen (secondary N) is 1. The number of anilines is 1. The van der Waals surface area contributed by atoms with Crippen molar-refractivity contribution in [2.24, 2.45) is 0 Å². The summed E-state index contributed by atoms with van der Waals surface area (Å²) in [6, 6.07) is 9.39. The van der Waals surface area contributed by atoms with Gasteiger partial charge in [0.05, 0.1) is 36.1 Å². The van der Waals surface area contributed by atoms with Gasteiger partial charge in [-0.2, -0.15) is 0 Å². The van der Waals surface area contributed by atoms with Crippen LogP contribution in [0.5, 0.6) is 5.75 Å². The van der Waals surface area contributed by atoms with Gasteiger partial charge in [-0.05, 0) is 24.3 Å². The van der Waals surface area contributed by atoms with Crippen molar-refractivity contribution in [3.8, 4) is 5.75 Å². The molecule has 0 saturated heterocycles. The van der Waals surface area contributed by atoms with Gasteiger partial charge in [0.15, 0.2) is 0 Å². The van der Waals surface area contributed by atoms with Crippen LogP contribution in [0.1, 0.15) is 20.7 Å². The van der Waals surface area contributed by atoms with Crippen LogP contribution < -0.4 is 10.1 Å². The van der Waals surface area contributed by atoms with Crippen LogP contribution in [-0.4, -0.2) is 26.1 Å². The second-order valence-corrected chi connectivity index (χ2v) is 5.30. The number of ether oxygens (including phenoxy) is 2. The molecule has 120 valence electrons. The standard InChI is InChI=1S/C16H13Cl2NO4/c1-22-14-11(7-9(17)8-12(14)18)15(20)19-13-6-4-3-5-10(13)16(21)23-2/h3-8H,1-2H3,(H,19,20). The fraction of sp³-hybridized carbons (Fsp3) is 0.125. The number of halogens is 2. The number of carbonyl (C=O) groups is 2. The number of rotatable bonds is 4. The Hall–Kier alpha value is -2.24. The zero-order chi connectivity index (χ0) is 17.0. The molecular formula is C16H13Cl2NO4. The lowest BCUT2D eigenvalue weighted by molar-refractivity contribution is 0.0602. The van der Waals surface area contributed by atoms with Gasteiger partial charge in [0.1, 0.15) is 5.75 Å². The van der Waals surface area contributed by atoms with Crippen molar-refractivity contribution in [1.29, 1.82) is 0 Å². The normalized spacial score (nSPS) is 10.1. The van der Waals surface area contributed by atoms with Crippen LogP contribution in [0.25, 0.3) is 0 Å². The first-order valence-corrected chi connectivity index (χ1v) is 7.25. The van der Waals surface area contributed by atoms with Gasteiger partial charge in [0, 0.05) is 5.02 Å². The van der Waals surface area contributed by atoms with Crippen molar-refractivity contribution >= 4 is 40.8 Å². The lowest BCUT2D eigenvalue weighted by atomic mass is 10.1. The van der Waals surface area contributed by atoms with Gasteiger partial charge in [-0.1, -0.05) is 35.3 Å². The van der Waals surface area contributed by atoms with Crippen LogP contribution in [0.15, 0.2) is 36.4 Å². The minimum Gasteiger partial charge on any atom is -0.494 e. The van der Waals surface area contributed by atoms with Crippen molar-refractivity contribution in [3.05, 3.63) is 57.6 Å². The molecule has 0 fully saturated rings. The maximum Gasteiger partial charge on any atom is 0.339 e. The van der Waals surface area contributed by atoms with Crippen molar-refractivity contribution in [2.75, 3.05) is 19.5 Å². The van der Waals surface area contributed by atoms with Gasteiger partial charge >= 0.3 is 5.97 Å². The molecule has 0 spiro atoms. The Balaban J connectivity index is 2.39. The highest BCUT2D eigenvalue weighted by atomic mass is 35.5. The van der Waals surface area contributed by atoms with Crippen LogP contribution in [-0.2, 0) is 4.74 Å². The van der Waals surface area contributed by atoms with Crippen molar-refractivity contribution in [3.63, 3.8) is 0 Å². The summed E-state index contributed by atoms with van der Waals surface area (Å²) in [7, 11) is 2.66. The van der Waals surface area contributed by atoms with E-state index in [-0.39, 0.29) is 21.9 Å². The summed E-state index contributed by atoms with van der Waals surface area (Å²) in [6.45, 7) is 0. The van der Waals surface area contributed by atoms with Crippen molar-refractivity contribution < 1.29 is 19.1 Å². The molecule has 0 atom stereocenters. The number of benzene rings is 2. The second-order valence-electron chi connectivity index (χ2n) is 4.46. The van der Waals surface area contributed by atoms with E-state index in [1.165, 1.54) is 26.4 Å². The summed E-state index contributed by atoms with van der Waals surface area (Å²) < 4.78 is 9.84. The predicted octanol–water partition coefficient (Wildman–Crippen LogP) is 4.04. The van der Waals surface area contributed by atoms with Gasteiger partial charge in [0.2, 0.25) is 0 Å². The summed E-state index contributed by atoms with van der Waals surface area (Å²) in [4.78, 5) is 24.2. The van der Waals surface area contributed by atoms with Gasteiger partial charge in [0.25, 0.3) is 5.91 Å². The molecule has 7 heteroatoms. The highest BCUT2D eigenvalue weighted by Gasteiger charge is 2.19. The van der Waals surface area contributed by atoms with E-state index >= 15 is 0 Å². The van der Waals surface area contributed by atoms with Crippen LogP contribution in [0.2, 0.25) is 10.0 Å². The molecule has 0 unspecified atom stereocenters. The average Bonchev–Trinajstić information content (AvgIpc) is 2.54.